The summed E-state index contributed by atoms with van der Waals surface area (Å²) in [5.74, 6) is 1.16. The number of thiophene rings is 1. The first-order valence-corrected chi connectivity index (χ1v) is 19.8. The summed E-state index contributed by atoms with van der Waals surface area (Å²) in [7, 11) is 0. The third-order valence-electron chi connectivity index (χ3n) is 11.2. The van der Waals surface area contributed by atoms with Gasteiger partial charge in [-0.3, -0.25) is 0 Å². The fourth-order valence-electron chi connectivity index (χ4n) is 8.46. The highest BCUT2D eigenvalue weighted by Crippen LogP contribution is 2.47. The van der Waals surface area contributed by atoms with E-state index in [1.165, 1.54) is 25.3 Å². The Morgan fingerprint density at radius 1 is 0.339 bits per heavy atom. The van der Waals surface area contributed by atoms with Crippen LogP contribution in [0.1, 0.15) is 0 Å². The van der Waals surface area contributed by atoms with Crippen LogP contribution < -0.4 is 0 Å². The minimum absolute atomic E-state index is 0.579. The van der Waals surface area contributed by atoms with Crippen LogP contribution in [0.25, 0.3) is 131 Å². The van der Waals surface area contributed by atoms with Crippen molar-refractivity contribution >= 4 is 98.8 Å². The van der Waals surface area contributed by atoms with E-state index in [0.29, 0.717) is 11.6 Å². The first-order valence-electron chi connectivity index (χ1n) is 18.9. The SMILES string of the molecule is c1ccc2c(c1)oc1ccc(-c3sc(-c4ccc5oc6ccccc6c5c4)c4nc5c6cc(-c7ncncn7)ccc6c6ccc(-c7ncncn7)cc6c5nc34)cc12. The first kappa shape index (κ1) is 32.1. The van der Waals surface area contributed by atoms with Gasteiger partial charge in [-0.15, -0.1) is 11.3 Å². The van der Waals surface area contributed by atoms with Crippen molar-refractivity contribution in [3.63, 3.8) is 0 Å². The third kappa shape index (κ3) is 4.85. The first-order chi connectivity index (χ1) is 29.2. The van der Waals surface area contributed by atoms with Gasteiger partial charge in [-0.2, -0.15) is 0 Å². The summed E-state index contributed by atoms with van der Waals surface area (Å²) in [5.41, 5.74) is 10.3. The van der Waals surface area contributed by atoms with Gasteiger partial charge in [0.1, 0.15) is 58.7 Å². The molecule has 59 heavy (non-hydrogen) atoms. The van der Waals surface area contributed by atoms with E-state index in [0.717, 1.165) is 119 Å². The van der Waals surface area contributed by atoms with Crippen LogP contribution in [0.15, 0.2) is 155 Å². The van der Waals surface area contributed by atoms with Crippen molar-refractivity contribution in [2.75, 3.05) is 0 Å². The minimum Gasteiger partial charge on any atom is -0.456 e. The predicted octanol–water partition coefficient (Wildman–Crippen LogP) is 12.0. The summed E-state index contributed by atoms with van der Waals surface area (Å²) in [5, 5.41) is 8.16. The molecule has 13 aromatic rings. The van der Waals surface area contributed by atoms with Crippen molar-refractivity contribution in [2.24, 2.45) is 0 Å². The average Bonchev–Trinajstić information content (AvgIpc) is 3.99. The van der Waals surface area contributed by atoms with Crippen LogP contribution in [0.4, 0.5) is 0 Å². The standard InChI is InChI=1S/C48H24N8O2S/c1-3-7-37-31(5-1)33-17-25(11-15-39(33)57-37)45-43-44(46(59-45)26-12-16-40-34(18-26)32-6-2-4-8-38(32)58-40)56-42-36-20-28(48-53-23-50-24-54-48)10-14-30(36)29-13-9-27(19-35(29)41(42)55-43)47-51-21-49-22-52-47/h1-24H. The molecule has 0 radical (unpaired) electrons. The molecule has 0 amide bonds. The van der Waals surface area contributed by atoms with E-state index in [4.69, 9.17) is 18.8 Å². The molecule has 10 nitrogen and oxygen atoms in total. The number of benzene rings is 7. The van der Waals surface area contributed by atoms with Crippen molar-refractivity contribution in [3.05, 3.63) is 147 Å². The van der Waals surface area contributed by atoms with Crippen molar-refractivity contribution < 1.29 is 8.83 Å². The number of aromatic nitrogens is 8. The van der Waals surface area contributed by atoms with E-state index in [2.05, 4.69) is 103 Å². The van der Waals surface area contributed by atoms with E-state index in [1.54, 1.807) is 11.3 Å². The lowest BCUT2D eigenvalue weighted by Gasteiger charge is -2.12. The largest absolute Gasteiger partial charge is 0.456 e. The molecular formula is C48H24N8O2S. The Hall–Kier alpha value is -8.02. The molecule has 0 spiro atoms. The summed E-state index contributed by atoms with van der Waals surface area (Å²) in [6.45, 7) is 0. The van der Waals surface area contributed by atoms with E-state index < -0.39 is 0 Å². The van der Waals surface area contributed by atoms with Crippen LogP contribution in [0.5, 0.6) is 0 Å². The van der Waals surface area contributed by atoms with Gasteiger partial charge in [-0.25, -0.2) is 39.9 Å². The summed E-state index contributed by atoms with van der Waals surface area (Å²) in [4.78, 5) is 39.3. The van der Waals surface area contributed by atoms with E-state index >= 15 is 0 Å². The van der Waals surface area contributed by atoms with Gasteiger partial charge in [0, 0.05) is 43.4 Å². The zero-order valence-corrected chi connectivity index (χ0v) is 31.5. The highest BCUT2D eigenvalue weighted by molar-refractivity contribution is 7.20. The summed E-state index contributed by atoms with van der Waals surface area (Å²) >= 11 is 1.69. The molecule has 0 fully saturated rings. The Morgan fingerprint density at radius 3 is 1.22 bits per heavy atom. The fraction of sp³-hybridized carbons (Fsp3) is 0. The number of furan rings is 2. The molecule has 0 bridgehead atoms. The second-order valence-electron chi connectivity index (χ2n) is 14.4. The lowest BCUT2D eigenvalue weighted by Crippen LogP contribution is -1.94. The van der Waals surface area contributed by atoms with Crippen molar-refractivity contribution in [3.8, 4) is 43.7 Å². The monoisotopic (exact) mass is 776 g/mol. The number of hydrogen-bond donors (Lipinski definition) is 0. The Morgan fingerprint density at radius 2 is 0.746 bits per heavy atom. The number of rotatable bonds is 4. The van der Waals surface area contributed by atoms with E-state index in [1.807, 2.05) is 48.5 Å². The molecule has 6 heterocycles. The maximum atomic E-state index is 6.25. The Bertz CT molecular complexity index is 3610. The molecule has 0 atom stereocenters. The number of hydrogen-bond acceptors (Lipinski definition) is 11. The average molecular weight is 777 g/mol. The van der Waals surface area contributed by atoms with Gasteiger partial charge in [-0.1, -0.05) is 60.7 Å². The maximum absolute atomic E-state index is 6.25. The second kappa shape index (κ2) is 12.2. The molecule has 13 rings (SSSR count). The fourth-order valence-corrected chi connectivity index (χ4v) is 9.63. The zero-order valence-electron chi connectivity index (χ0n) is 30.7. The molecule has 0 saturated carbocycles. The van der Waals surface area contributed by atoms with Crippen molar-refractivity contribution in [1.82, 2.24) is 39.9 Å². The van der Waals surface area contributed by atoms with Gasteiger partial charge in [0.25, 0.3) is 0 Å². The Kier molecular flexibility index (Phi) is 6.66. The van der Waals surface area contributed by atoms with Crippen molar-refractivity contribution in [1.29, 1.82) is 0 Å². The van der Waals surface area contributed by atoms with Gasteiger partial charge >= 0.3 is 0 Å². The van der Waals surface area contributed by atoms with Gasteiger partial charge in [0.2, 0.25) is 0 Å². The van der Waals surface area contributed by atoms with Crippen LogP contribution in [-0.4, -0.2) is 39.9 Å². The Labute approximate surface area is 336 Å². The molecular weight excluding hydrogens is 753 g/mol. The van der Waals surface area contributed by atoms with Crippen LogP contribution in [-0.2, 0) is 0 Å². The van der Waals surface area contributed by atoms with E-state index in [9.17, 15) is 0 Å². The molecule has 0 aliphatic rings. The van der Waals surface area contributed by atoms with Crippen LogP contribution in [0, 0.1) is 0 Å². The van der Waals surface area contributed by atoms with Crippen LogP contribution >= 0.6 is 11.3 Å². The van der Waals surface area contributed by atoms with Gasteiger partial charge in [-0.05, 0) is 82.6 Å². The molecule has 11 heteroatoms. The quantitative estimate of drug-likeness (QED) is 0.159. The van der Waals surface area contributed by atoms with Gasteiger partial charge < -0.3 is 8.83 Å². The molecule has 0 saturated heterocycles. The van der Waals surface area contributed by atoms with Crippen LogP contribution in [0.2, 0.25) is 0 Å². The number of para-hydroxylation sites is 2. The topological polar surface area (TPSA) is 129 Å². The Balaban J connectivity index is 1.16. The molecule has 0 N–H and O–H groups in total. The van der Waals surface area contributed by atoms with Crippen molar-refractivity contribution in [2.45, 2.75) is 0 Å². The second-order valence-corrected chi connectivity index (χ2v) is 15.5. The summed E-state index contributed by atoms with van der Waals surface area (Å²) in [6, 6.07) is 41.6. The molecule has 0 aliphatic carbocycles. The number of fused-ring (bicyclic) bond motifs is 13. The highest BCUT2D eigenvalue weighted by atomic mass is 32.1. The normalized spacial score (nSPS) is 12.1. The maximum Gasteiger partial charge on any atom is 0.162 e. The van der Waals surface area contributed by atoms with Gasteiger partial charge in [0.05, 0.1) is 20.8 Å². The predicted molar refractivity (Wildman–Crippen MR) is 233 cm³/mol. The van der Waals surface area contributed by atoms with Crippen LogP contribution in [0.3, 0.4) is 0 Å². The van der Waals surface area contributed by atoms with Gasteiger partial charge in [0.15, 0.2) is 11.6 Å². The summed E-state index contributed by atoms with van der Waals surface area (Å²) in [6.07, 6.45) is 6.06. The zero-order chi connectivity index (χ0) is 38.6. The molecule has 7 aromatic carbocycles. The summed E-state index contributed by atoms with van der Waals surface area (Å²) < 4.78 is 12.5. The third-order valence-corrected chi connectivity index (χ3v) is 12.4. The lowest BCUT2D eigenvalue weighted by atomic mass is 9.96. The molecule has 0 unspecified atom stereocenters. The molecule has 274 valence electrons. The molecule has 0 aliphatic heterocycles. The minimum atomic E-state index is 0.579. The smallest absolute Gasteiger partial charge is 0.162 e. The molecule has 6 aromatic heterocycles. The van der Waals surface area contributed by atoms with E-state index in [-0.39, 0.29) is 0 Å². The highest BCUT2D eigenvalue weighted by Gasteiger charge is 2.23. The lowest BCUT2D eigenvalue weighted by molar-refractivity contribution is 0.668. The number of nitrogens with zero attached hydrogens (tertiary/aromatic N) is 8.